The number of rotatable bonds is 7. The molecule has 0 heterocycles. The molecular weight excluding hydrogens is 306 g/mol. The Balaban J connectivity index is 2.13. The lowest BCUT2D eigenvalue weighted by Gasteiger charge is -2.24. The second-order valence-corrected chi connectivity index (χ2v) is 6.65. The minimum Gasteiger partial charge on any atom is -0.409 e. The average molecular weight is 328 g/mol. The Labute approximate surface area is 130 Å². The molecule has 1 atom stereocenters. The minimum atomic E-state index is -3.54. The molecule has 1 aromatic rings. The van der Waals surface area contributed by atoms with Gasteiger partial charge in [0.1, 0.15) is 11.6 Å². The van der Waals surface area contributed by atoms with Gasteiger partial charge in [0.15, 0.2) is 0 Å². The molecule has 0 saturated heterocycles. The molecule has 0 aliphatic heterocycles. The molecule has 0 N–H and O–H groups in total. The summed E-state index contributed by atoms with van der Waals surface area (Å²) in [5.41, 5.74) is 1.02. The van der Waals surface area contributed by atoms with Gasteiger partial charge in [-0.25, -0.2) is 8.96 Å². The predicted octanol–water partition coefficient (Wildman–Crippen LogP) is 5.17. The summed E-state index contributed by atoms with van der Waals surface area (Å²) in [5, 5.41) is 0. The summed E-state index contributed by atoms with van der Waals surface area (Å²) >= 11 is 0. The van der Waals surface area contributed by atoms with Crippen LogP contribution in [-0.2, 0) is 18.1 Å². The smallest absolute Gasteiger partial charge is 0.409 e. The highest BCUT2D eigenvalue weighted by Gasteiger charge is 2.29. The molecule has 0 amide bonds. The number of hydrogen-bond donors (Lipinski definition) is 0. The van der Waals surface area contributed by atoms with E-state index in [1.165, 1.54) is 12.1 Å². The van der Waals surface area contributed by atoms with Crippen molar-refractivity contribution in [3.05, 3.63) is 47.5 Å². The number of benzene rings is 1. The van der Waals surface area contributed by atoms with E-state index >= 15 is 0 Å². The highest BCUT2D eigenvalue weighted by atomic mass is 31.2. The second kappa shape index (κ2) is 7.91. The zero-order chi connectivity index (χ0) is 16.0. The van der Waals surface area contributed by atoms with Gasteiger partial charge in [-0.15, -0.1) is 0 Å². The Morgan fingerprint density at radius 1 is 1.18 bits per heavy atom. The van der Waals surface area contributed by atoms with Crippen LogP contribution >= 0.6 is 7.82 Å². The molecule has 6 heteroatoms. The Morgan fingerprint density at radius 2 is 1.82 bits per heavy atom. The summed E-state index contributed by atoms with van der Waals surface area (Å²) < 4.78 is 41.3. The molecule has 122 valence electrons. The van der Waals surface area contributed by atoms with Gasteiger partial charge in [0.05, 0.1) is 13.2 Å². The number of allylic oxidation sites excluding steroid dienone is 2. The molecule has 0 fully saturated rings. The molecule has 22 heavy (non-hydrogen) atoms. The van der Waals surface area contributed by atoms with E-state index in [9.17, 15) is 8.96 Å². The summed E-state index contributed by atoms with van der Waals surface area (Å²) in [5.74, 6) is 0.490. The van der Waals surface area contributed by atoms with Crippen molar-refractivity contribution in [2.75, 3.05) is 13.2 Å². The number of halogens is 1. The van der Waals surface area contributed by atoms with Crippen molar-refractivity contribution in [1.82, 2.24) is 0 Å². The van der Waals surface area contributed by atoms with Gasteiger partial charge in [-0.05, 0) is 50.5 Å². The normalized spacial score (nSPS) is 18.9. The van der Waals surface area contributed by atoms with Crippen LogP contribution < -0.4 is 0 Å². The first kappa shape index (κ1) is 17.2. The third-order valence-electron chi connectivity index (χ3n) is 3.43. The van der Waals surface area contributed by atoms with E-state index in [1.807, 2.05) is 6.08 Å². The SMILES string of the molecule is CCOP(=O)(OCC)OC1=CC(c2ccc(F)cc2)CCC1. The average Bonchev–Trinajstić information content (AvgIpc) is 2.48. The molecule has 1 unspecified atom stereocenters. The summed E-state index contributed by atoms with van der Waals surface area (Å²) in [6.07, 6.45) is 4.49. The van der Waals surface area contributed by atoms with Crippen molar-refractivity contribution in [2.45, 2.75) is 39.0 Å². The van der Waals surface area contributed by atoms with E-state index in [0.29, 0.717) is 12.2 Å². The minimum absolute atomic E-state index is 0.126. The molecule has 0 aromatic heterocycles. The van der Waals surface area contributed by atoms with E-state index in [1.54, 1.807) is 26.0 Å². The van der Waals surface area contributed by atoms with Crippen LogP contribution in [0, 0.1) is 5.82 Å². The number of phosphoric acid groups is 1. The third kappa shape index (κ3) is 4.67. The number of hydrogen-bond acceptors (Lipinski definition) is 4. The van der Waals surface area contributed by atoms with Gasteiger partial charge in [0.25, 0.3) is 0 Å². The fraction of sp³-hybridized carbons (Fsp3) is 0.500. The zero-order valence-electron chi connectivity index (χ0n) is 13.0. The molecule has 1 aromatic carbocycles. The van der Waals surface area contributed by atoms with Crippen LogP contribution in [0.25, 0.3) is 0 Å². The monoisotopic (exact) mass is 328 g/mol. The van der Waals surface area contributed by atoms with Gasteiger partial charge in [-0.3, -0.25) is 9.05 Å². The molecule has 1 aliphatic carbocycles. The van der Waals surface area contributed by atoms with E-state index in [0.717, 1.165) is 18.4 Å². The number of phosphoric ester groups is 1. The topological polar surface area (TPSA) is 44.8 Å². The van der Waals surface area contributed by atoms with Gasteiger partial charge >= 0.3 is 7.82 Å². The van der Waals surface area contributed by atoms with Crippen molar-refractivity contribution in [3.8, 4) is 0 Å². The van der Waals surface area contributed by atoms with Crippen molar-refractivity contribution in [3.63, 3.8) is 0 Å². The van der Waals surface area contributed by atoms with E-state index in [4.69, 9.17) is 13.6 Å². The molecule has 0 spiro atoms. The Bertz CT molecular complexity index is 546. The van der Waals surface area contributed by atoms with Crippen molar-refractivity contribution < 1.29 is 22.5 Å². The summed E-state index contributed by atoms with van der Waals surface area (Å²) in [4.78, 5) is 0. The maximum atomic E-state index is 13.0. The first-order valence-corrected chi connectivity index (χ1v) is 9.07. The van der Waals surface area contributed by atoms with Crippen molar-refractivity contribution in [1.29, 1.82) is 0 Å². The maximum absolute atomic E-state index is 13.0. The summed E-state index contributed by atoms with van der Waals surface area (Å²) in [6, 6.07) is 6.43. The zero-order valence-corrected chi connectivity index (χ0v) is 13.9. The van der Waals surface area contributed by atoms with Crippen LogP contribution in [0.1, 0.15) is 44.6 Å². The quantitative estimate of drug-likeness (QED) is 0.647. The second-order valence-electron chi connectivity index (χ2n) is 5.06. The van der Waals surface area contributed by atoms with Crippen LogP contribution in [0.15, 0.2) is 36.1 Å². The highest BCUT2D eigenvalue weighted by Crippen LogP contribution is 2.52. The van der Waals surface area contributed by atoms with Crippen LogP contribution in [0.5, 0.6) is 0 Å². The van der Waals surface area contributed by atoms with Crippen molar-refractivity contribution >= 4 is 7.82 Å². The fourth-order valence-electron chi connectivity index (χ4n) is 2.49. The first-order valence-electron chi connectivity index (χ1n) is 7.61. The summed E-state index contributed by atoms with van der Waals surface area (Å²) in [7, 11) is -3.54. The van der Waals surface area contributed by atoms with Gasteiger partial charge in [0, 0.05) is 12.3 Å². The predicted molar refractivity (Wildman–Crippen MR) is 83.0 cm³/mol. The first-order chi connectivity index (χ1) is 10.6. The van der Waals surface area contributed by atoms with Crippen LogP contribution in [0.4, 0.5) is 4.39 Å². The van der Waals surface area contributed by atoms with Crippen LogP contribution in [0.3, 0.4) is 0 Å². The van der Waals surface area contributed by atoms with Crippen molar-refractivity contribution in [2.24, 2.45) is 0 Å². The fourth-order valence-corrected chi connectivity index (χ4v) is 3.74. The molecule has 0 bridgehead atoms. The Hall–Kier alpha value is -1.16. The molecule has 1 aliphatic rings. The van der Waals surface area contributed by atoms with Gasteiger partial charge in [-0.2, -0.15) is 0 Å². The van der Waals surface area contributed by atoms with Crippen LogP contribution in [-0.4, -0.2) is 13.2 Å². The third-order valence-corrected chi connectivity index (χ3v) is 5.03. The van der Waals surface area contributed by atoms with E-state index in [2.05, 4.69) is 0 Å². The largest absolute Gasteiger partial charge is 0.529 e. The van der Waals surface area contributed by atoms with E-state index < -0.39 is 7.82 Å². The molecule has 2 rings (SSSR count). The Morgan fingerprint density at radius 3 is 2.41 bits per heavy atom. The Kier molecular flexibility index (Phi) is 6.18. The lowest BCUT2D eigenvalue weighted by molar-refractivity contribution is 0.141. The lowest BCUT2D eigenvalue weighted by atomic mass is 9.88. The van der Waals surface area contributed by atoms with E-state index in [-0.39, 0.29) is 24.9 Å². The van der Waals surface area contributed by atoms with Crippen LogP contribution in [0.2, 0.25) is 0 Å². The molecular formula is C16H22FO4P. The molecule has 0 saturated carbocycles. The summed E-state index contributed by atoms with van der Waals surface area (Å²) in [6.45, 7) is 4.00. The molecule has 0 radical (unpaired) electrons. The maximum Gasteiger partial charge on any atom is 0.529 e. The molecule has 4 nitrogen and oxygen atoms in total. The lowest BCUT2D eigenvalue weighted by Crippen LogP contribution is -2.07. The standard InChI is InChI=1S/C16H22FO4P/c1-3-19-22(18,20-4-2)21-16-7-5-6-14(12-16)13-8-10-15(17)11-9-13/h8-12,14H,3-7H2,1-2H3. The van der Waals surface area contributed by atoms with Gasteiger partial charge in [0.2, 0.25) is 0 Å². The van der Waals surface area contributed by atoms with Gasteiger partial charge < -0.3 is 4.52 Å². The highest BCUT2D eigenvalue weighted by molar-refractivity contribution is 7.48. The van der Waals surface area contributed by atoms with Gasteiger partial charge in [-0.1, -0.05) is 12.1 Å².